The van der Waals surface area contributed by atoms with Gasteiger partial charge in [-0.2, -0.15) is 4.31 Å². The molecule has 1 fully saturated rings. The fourth-order valence-corrected chi connectivity index (χ4v) is 2.41. The number of nitrogens with zero attached hydrogens (tertiary/aromatic N) is 1. The maximum atomic E-state index is 11.6. The molecule has 1 aliphatic heterocycles. The summed E-state index contributed by atoms with van der Waals surface area (Å²) >= 11 is 0. The van der Waals surface area contributed by atoms with Crippen molar-refractivity contribution in [2.75, 3.05) is 45.6 Å². The summed E-state index contributed by atoms with van der Waals surface area (Å²) in [5.41, 5.74) is 0. The number of ether oxygens (including phenoxy) is 2. The minimum atomic E-state index is -3.45. The molecule has 0 saturated carbocycles. The summed E-state index contributed by atoms with van der Waals surface area (Å²) in [6.45, 7) is 3.68. The van der Waals surface area contributed by atoms with Crippen LogP contribution in [0.4, 0.5) is 0 Å². The quantitative estimate of drug-likeness (QED) is 0.615. The maximum Gasteiger partial charge on any atom is 0.321 e. The highest BCUT2D eigenvalue weighted by Crippen LogP contribution is 2.05. The molecule has 18 heavy (non-hydrogen) atoms. The molecular formula is C10H20N2O5S. The van der Waals surface area contributed by atoms with Gasteiger partial charge >= 0.3 is 5.97 Å². The van der Waals surface area contributed by atoms with E-state index >= 15 is 0 Å². The molecule has 1 atom stereocenters. The number of carbonyl (C=O) groups excluding carboxylic acids is 1. The van der Waals surface area contributed by atoms with Gasteiger partial charge in [-0.25, -0.2) is 8.42 Å². The van der Waals surface area contributed by atoms with Crippen molar-refractivity contribution < 1.29 is 22.7 Å². The number of rotatable bonds is 6. The van der Waals surface area contributed by atoms with E-state index in [4.69, 9.17) is 9.47 Å². The van der Waals surface area contributed by atoms with Gasteiger partial charge in [0.05, 0.1) is 25.6 Å². The highest BCUT2D eigenvalue weighted by Gasteiger charge is 2.26. The van der Waals surface area contributed by atoms with Gasteiger partial charge in [-0.1, -0.05) is 0 Å². The molecule has 0 bridgehead atoms. The van der Waals surface area contributed by atoms with Crippen molar-refractivity contribution in [2.24, 2.45) is 0 Å². The molecule has 0 radical (unpaired) electrons. The Morgan fingerprint density at radius 1 is 1.56 bits per heavy atom. The third-order valence-corrected chi connectivity index (χ3v) is 3.71. The van der Waals surface area contributed by atoms with E-state index in [2.05, 4.69) is 5.32 Å². The van der Waals surface area contributed by atoms with Crippen molar-refractivity contribution in [3.63, 3.8) is 0 Å². The SMILES string of the molecule is CCOC(=O)CN(CC1CNCCO1)S(C)(=O)=O. The summed E-state index contributed by atoms with van der Waals surface area (Å²) in [5.74, 6) is -0.549. The van der Waals surface area contributed by atoms with E-state index in [1.807, 2.05) is 0 Å². The topological polar surface area (TPSA) is 84.9 Å². The summed E-state index contributed by atoms with van der Waals surface area (Å²) in [7, 11) is -3.45. The molecule has 1 saturated heterocycles. The highest BCUT2D eigenvalue weighted by atomic mass is 32.2. The third-order valence-electron chi connectivity index (χ3n) is 2.49. The first kappa shape index (κ1) is 15.4. The number of esters is 1. The predicted molar refractivity (Wildman–Crippen MR) is 65.7 cm³/mol. The molecule has 1 unspecified atom stereocenters. The van der Waals surface area contributed by atoms with Crippen LogP contribution in [0.2, 0.25) is 0 Å². The maximum absolute atomic E-state index is 11.6. The standard InChI is InChI=1S/C10H20N2O5S/c1-3-16-10(13)8-12(18(2,14)15)7-9-6-11-4-5-17-9/h9,11H,3-8H2,1-2H3. The zero-order valence-corrected chi connectivity index (χ0v) is 11.5. The van der Waals surface area contributed by atoms with Crippen LogP contribution in [-0.2, 0) is 24.3 Å². The average Bonchev–Trinajstić information content (AvgIpc) is 2.28. The number of nitrogens with one attached hydrogen (secondary N) is 1. The smallest absolute Gasteiger partial charge is 0.321 e. The first-order valence-electron chi connectivity index (χ1n) is 5.86. The number of morpholine rings is 1. The molecule has 7 nitrogen and oxygen atoms in total. The predicted octanol–water partition coefficient (Wildman–Crippen LogP) is -1.20. The van der Waals surface area contributed by atoms with Crippen molar-refractivity contribution in [3.05, 3.63) is 0 Å². The van der Waals surface area contributed by atoms with E-state index in [9.17, 15) is 13.2 Å². The number of hydrogen-bond acceptors (Lipinski definition) is 6. The zero-order valence-electron chi connectivity index (χ0n) is 10.7. The van der Waals surface area contributed by atoms with E-state index < -0.39 is 16.0 Å². The Balaban J connectivity index is 2.58. The second-order valence-corrected chi connectivity index (χ2v) is 6.04. The van der Waals surface area contributed by atoms with Crippen molar-refractivity contribution in [1.29, 1.82) is 0 Å². The molecule has 0 aromatic rings. The van der Waals surface area contributed by atoms with Gasteiger partial charge in [0.15, 0.2) is 0 Å². The largest absolute Gasteiger partial charge is 0.465 e. The Morgan fingerprint density at radius 2 is 2.28 bits per heavy atom. The van der Waals surface area contributed by atoms with Crippen molar-refractivity contribution in [2.45, 2.75) is 13.0 Å². The monoisotopic (exact) mass is 280 g/mol. The Morgan fingerprint density at radius 3 is 2.78 bits per heavy atom. The Labute approximate surface area is 107 Å². The molecule has 1 N–H and O–H groups in total. The fraction of sp³-hybridized carbons (Fsp3) is 0.900. The Hall–Kier alpha value is -0.700. The van der Waals surface area contributed by atoms with E-state index in [0.29, 0.717) is 13.2 Å². The molecule has 0 aromatic carbocycles. The molecule has 0 aliphatic carbocycles. The zero-order chi connectivity index (χ0) is 13.6. The van der Waals surface area contributed by atoms with Gasteiger partial charge in [-0.15, -0.1) is 0 Å². The summed E-state index contributed by atoms with van der Waals surface area (Å²) in [6.07, 6.45) is 0.838. The molecule has 0 amide bonds. The first-order chi connectivity index (χ1) is 8.43. The number of hydrogen-bond donors (Lipinski definition) is 1. The van der Waals surface area contributed by atoms with E-state index in [1.54, 1.807) is 6.92 Å². The second-order valence-electron chi connectivity index (χ2n) is 4.06. The number of sulfonamides is 1. The third kappa shape index (κ3) is 5.30. The van der Waals surface area contributed by atoms with Gasteiger partial charge in [-0.05, 0) is 6.92 Å². The van der Waals surface area contributed by atoms with Gasteiger partial charge in [0.25, 0.3) is 0 Å². The van der Waals surface area contributed by atoms with E-state index in [-0.39, 0.29) is 25.8 Å². The lowest BCUT2D eigenvalue weighted by atomic mass is 10.3. The fourth-order valence-electron chi connectivity index (χ4n) is 1.63. The minimum absolute atomic E-state index is 0.157. The molecule has 1 aliphatic rings. The molecule has 1 rings (SSSR count). The van der Waals surface area contributed by atoms with E-state index in [1.165, 1.54) is 0 Å². The molecule has 1 heterocycles. The number of carbonyl (C=O) groups is 1. The minimum Gasteiger partial charge on any atom is -0.465 e. The average molecular weight is 280 g/mol. The lowest BCUT2D eigenvalue weighted by Crippen LogP contribution is -2.48. The van der Waals surface area contributed by atoms with Crippen LogP contribution in [0.25, 0.3) is 0 Å². The summed E-state index contributed by atoms with van der Waals surface area (Å²) < 4.78 is 34.4. The van der Waals surface area contributed by atoms with Gasteiger partial charge < -0.3 is 14.8 Å². The lowest BCUT2D eigenvalue weighted by molar-refractivity contribution is -0.143. The van der Waals surface area contributed by atoms with Crippen molar-refractivity contribution in [1.82, 2.24) is 9.62 Å². The summed E-state index contributed by atoms with van der Waals surface area (Å²) in [5, 5.41) is 3.11. The molecule has 0 spiro atoms. The van der Waals surface area contributed by atoms with Crippen LogP contribution in [0.15, 0.2) is 0 Å². The Kier molecular flexibility index (Phi) is 6.00. The van der Waals surface area contributed by atoms with Crippen LogP contribution in [0, 0.1) is 0 Å². The lowest BCUT2D eigenvalue weighted by Gasteiger charge is -2.28. The van der Waals surface area contributed by atoms with Crippen LogP contribution >= 0.6 is 0 Å². The first-order valence-corrected chi connectivity index (χ1v) is 7.71. The van der Waals surface area contributed by atoms with Crippen molar-refractivity contribution >= 4 is 16.0 Å². The van der Waals surface area contributed by atoms with Crippen LogP contribution in [0.1, 0.15) is 6.92 Å². The normalized spacial score (nSPS) is 20.9. The van der Waals surface area contributed by atoms with Gasteiger partial charge in [0, 0.05) is 19.6 Å². The van der Waals surface area contributed by atoms with Crippen LogP contribution in [-0.4, -0.2) is 70.4 Å². The van der Waals surface area contributed by atoms with Gasteiger partial charge in [-0.3, -0.25) is 4.79 Å². The van der Waals surface area contributed by atoms with Crippen LogP contribution < -0.4 is 5.32 Å². The Bertz CT molecular complexity index is 364. The van der Waals surface area contributed by atoms with Crippen LogP contribution in [0.3, 0.4) is 0 Å². The second kappa shape index (κ2) is 7.03. The van der Waals surface area contributed by atoms with Gasteiger partial charge in [0.1, 0.15) is 6.54 Å². The van der Waals surface area contributed by atoms with Gasteiger partial charge in [0.2, 0.25) is 10.0 Å². The van der Waals surface area contributed by atoms with Crippen LogP contribution in [0.5, 0.6) is 0 Å². The van der Waals surface area contributed by atoms with Crippen molar-refractivity contribution in [3.8, 4) is 0 Å². The molecule has 8 heteroatoms. The molecular weight excluding hydrogens is 260 g/mol. The van der Waals surface area contributed by atoms with E-state index in [0.717, 1.165) is 17.1 Å². The summed E-state index contributed by atoms with van der Waals surface area (Å²) in [6, 6.07) is 0. The molecule has 106 valence electrons. The highest BCUT2D eigenvalue weighted by molar-refractivity contribution is 7.88. The molecule has 0 aromatic heterocycles. The summed E-state index contributed by atoms with van der Waals surface area (Å²) in [4.78, 5) is 11.4.